The second kappa shape index (κ2) is 9.75. The van der Waals surface area contributed by atoms with Crippen molar-refractivity contribution in [3.63, 3.8) is 0 Å². The molecular weight excluding hydrogens is 336 g/mol. The molecule has 1 aromatic rings. The summed E-state index contributed by atoms with van der Waals surface area (Å²) in [6, 6.07) is 0.332. The van der Waals surface area contributed by atoms with Crippen LogP contribution in [0.2, 0.25) is 0 Å². The minimum atomic E-state index is -0.0404. The maximum absolute atomic E-state index is 12.0. The average Bonchev–Trinajstić information content (AvgIpc) is 3.06. The van der Waals surface area contributed by atoms with Gasteiger partial charge < -0.3 is 10.6 Å². The second-order valence-electron chi connectivity index (χ2n) is 6.51. The molecule has 0 spiro atoms. The summed E-state index contributed by atoms with van der Waals surface area (Å²) in [4.78, 5) is 32.7. The zero-order valence-corrected chi connectivity index (χ0v) is 16.2. The van der Waals surface area contributed by atoms with Crippen LogP contribution in [0.25, 0.3) is 0 Å². The van der Waals surface area contributed by atoms with E-state index in [0.717, 1.165) is 34.9 Å². The van der Waals surface area contributed by atoms with Gasteiger partial charge in [0.25, 0.3) is 0 Å². The van der Waals surface area contributed by atoms with Crippen LogP contribution in [0.5, 0.6) is 0 Å². The number of rotatable bonds is 8. The summed E-state index contributed by atoms with van der Waals surface area (Å²) in [7, 11) is 0. The van der Waals surface area contributed by atoms with Gasteiger partial charge in [-0.1, -0.05) is 24.6 Å². The molecule has 1 aromatic heterocycles. The van der Waals surface area contributed by atoms with Crippen LogP contribution in [-0.4, -0.2) is 40.6 Å². The van der Waals surface area contributed by atoms with E-state index in [9.17, 15) is 9.59 Å². The molecule has 1 heterocycles. The highest BCUT2D eigenvalue weighted by molar-refractivity contribution is 7.98. The van der Waals surface area contributed by atoms with E-state index in [1.54, 1.807) is 0 Å². The van der Waals surface area contributed by atoms with Gasteiger partial charge in [0, 0.05) is 36.8 Å². The fourth-order valence-electron chi connectivity index (χ4n) is 3.17. The first-order valence-electron chi connectivity index (χ1n) is 8.93. The van der Waals surface area contributed by atoms with Crippen molar-refractivity contribution >= 4 is 23.6 Å². The van der Waals surface area contributed by atoms with Crippen molar-refractivity contribution < 1.29 is 9.59 Å². The first kappa shape index (κ1) is 19.7. The fraction of sp³-hybridized carbons (Fsp3) is 0.667. The summed E-state index contributed by atoms with van der Waals surface area (Å²) in [5.41, 5.74) is 2.90. The molecule has 2 rings (SSSR count). The lowest BCUT2D eigenvalue weighted by molar-refractivity contribution is -0.122. The number of aryl methyl sites for hydroxylation is 2. The molecule has 0 bridgehead atoms. The van der Waals surface area contributed by atoms with E-state index >= 15 is 0 Å². The Hall–Kier alpha value is -1.63. The summed E-state index contributed by atoms with van der Waals surface area (Å²) >= 11 is 1.52. The summed E-state index contributed by atoms with van der Waals surface area (Å²) in [6.07, 6.45) is 7.84. The Labute approximate surface area is 154 Å². The summed E-state index contributed by atoms with van der Waals surface area (Å²) in [5, 5.41) is 6.61. The number of nitrogens with zero attached hydrogens (tertiary/aromatic N) is 2. The van der Waals surface area contributed by atoms with Crippen molar-refractivity contribution in [2.45, 2.75) is 70.0 Å². The zero-order valence-electron chi connectivity index (χ0n) is 15.4. The van der Waals surface area contributed by atoms with Gasteiger partial charge in [-0.05, 0) is 44.9 Å². The van der Waals surface area contributed by atoms with Crippen LogP contribution < -0.4 is 10.6 Å². The Morgan fingerprint density at radius 2 is 1.72 bits per heavy atom. The Bertz CT molecular complexity index is 592. The van der Waals surface area contributed by atoms with Crippen LogP contribution in [0.4, 0.5) is 0 Å². The SMILES string of the molecule is CSc1nc(C)c(CCC(=O)NCCC(=O)NC2CCCC2)c(C)n1. The minimum absolute atomic E-state index is 0.0277. The van der Waals surface area contributed by atoms with E-state index in [1.165, 1.54) is 24.6 Å². The molecule has 7 heteroatoms. The first-order valence-corrected chi connectivity index (χ1v) is 10.2. The van der Waals surface area contributed by atoms with E-state index in [1.807, 2.05) is 20.1 Å². The third kappa shape index (κ3) is 6.30. The predicted octanol–water partition coefficient (Wildman–Crippen LogP) is 2.31. The van der Waals surface area contributed by atoms with E-state index in [4.69, 9.17) is 0 Å². The van der Waals surface area contributed by atoms with Crippen LogP contribution in [0.1, 0.15) is 55.5 Å². The molecule has 1 aliphatic carbocycles. The molecule has 25 heavy (non-hydrogen) atoms. The smallest absolute Gasteiger partial charge is 0.221 e. The second-order valence-corrected chi connectivity index (χ2v) is 7.28. The molecule has 6 nitrogen and oxygen atoms in total. The highest BCUT2D eigenvalue weighted by Crippen LogP contribution is 2.18. The Kier molecular flexibility index (Phi) is 7.68. The maximum atomic E-state index is 12.0. The normalized spacial score (nSPS) is 14.5. The molecule has 138 valence electrons. The topological polar surface area (TPSA) is 84.0 Å². The van der Waals surface area contributed by atoms with Gasteiger partial charge in [0.1, 0.15) is 0 Å². The zero-order chi connectivity index (χ0) is 18.2. The number of thioether (sulfide) groups is 1. The third-order valence-electron chi connectivity index (χ3n) is 4.58. The van der Waals surface area contributed by atoms with Gasteiger partial charge in [-0.2, -0.15) is 0 Å². The number of nitrogens with one attached hydrogen (secondary N) is 2. The van der Waals surface area contributed by atoms with Crippen LogP contribution >= 0.6 is 11.8 Å². The molecule has 0 atom stereocenters. The van der Waals surface area contributed by atoms with Crippen LogP contribution in [0.3, 0.4) is 0 Å². The van der Waals surface area contributed by atoms with Gasteiger partial charge in [-0.3, -0.25) is 9.59 Å². The molecule has 0 aromatic carbocycles. The van der Waals surface area contributed by atoms with Crippen LogP contribution in [0, 0.1) is 13.8 Å². The Balaban J connectivity index is 1.69. The lowest BCUT2D eigenvalue weighted by atomic mass is 10.1. The molecule has 0 saturated heterocycles. The summed E-state index contributed by atoms with van der Waals surface area (Å²) in [5.74, 6) is -0.0126. The van der Waals surface area contributed by atoms with Crippen molar-refractivity contribution in [3.05, 3.63) is 17.0 Å². The highest BCUT2D eigenvalue weighted by Gasteiger charge is 2.17. The number of hydrogen-bond acceptors (Lipinski definition) is 5. The molecule has 0 aliphatic heterocycles. The van der Waals surface area contributed by atoms with Crippen LogP contribution in [0.15, 0.2) is 5.16 Å². The largest absolute Gasteiger partial charge is 0.356 e. The molecule has 1 aliphatic rings. The summed E-state index contributed by atoms with van der Waals surface area (Å²) in [6.45, 7) is 4.29. The van der Waals surface area contributed by atoms with Gasteiger partial charge in [0.05, 0.1) is 0 Å². The van der Waals surface area contributed by atoms with Crippen molar-refractivity contribution in [1.29, 1.82) is 0 Å². The molecule has 2 N–H and O–H groups in total. The average molecular weight is 365 g/mol. The molecular formula is C18H28N4O2S. The minimum Gasteiger partial charge on any atom is -0.356 e. The van der Waals surface area contributed by atoms with E-state index in [-0.39, 0.29) is 11.8 Å². The van der Waals surface area contributed by atoms with Crippen molar-refractivity contribution in [2.75, 3.05) is 12.8 Å². The van der Waals surface area contributed by atoms with Gasteiger partial charge in [0.15, 0.2) is 5.16 Å². The van der Waals surface area contributed by atoms with E-state index in [0.29, 0.717) is 31.8 Å². The molecule has 0 unspecified atom stereocenters. The number of amides is 2. The van der Waals surface area contributed by atoms with Gasteiger partial charge in [-0.15, -0.1) is 0 Å². The summed E-state index contributed by atoms with van der Waals surface area (Å²) < 4.78 is 0. The Morgan fingerprint density at radius 3 is 2.32 bits per heavy atom. The molecule has 1 saturated carbocycles. The molecule has 2 amide bonds. The number of carbonyl (C=O) groups is 2. The standard InChI is InChI=1S/C18H28N4O2S/c1-12-15(13(2)21-18(20-12)25-3)8-9-16(23)19-11-10-17(24)22-14-6-4-5-7-14/h14H,4-11H2,1-3H3,(H,19,23)(H,22,24). The molecule has 1 fully saturated rings. The van der Waals surface area contributed by atoms with Crippen molar-refractivity contribution in [1.82, 2.24) is 20.6 Å². The third-order valence-corrected chi connectivity index (χ3v) is 5.13. The molecule has 0 radical (unpaired) electrons. The monoisotopic (exact) mass is 364 g/mol. The maximum Gasteiger partial charge on any atom is 0.221 e. The van der Waals surface area contributed by atoms with Crippen LogP contribution in [-0.2, 0) is 16.0 Å². The van der Waals surface area contributed by atoms with Gasteiger partial charge >= 0.3 is 0 Å². The van der Waals surface area contributed by atoms with Crippen molar-refractivity contribution in [3.8, 4) is 0 Å². The van der Waals surface area contributed by atoms with Gasteiger partial charge in [0.2, 0.25) is 11.8 Å². The lowest BCUT2D eigenvalue weighted by Gasteiger charge is -2.12. The number of hydrogen-bond donors (Lipinski definition) is 2. The first-order chi connectivity index (χ1) is 12.0. The quantitative estimate of drug-likeness (QED) is 0.546. The van der Waals surface area contributed by atoms with E-state index < -0.39 is 0 Å². The highest BCUT2D eigenvalue weighted by atomic mass is 32.2. The Morgan fingerprint density at radius 1 is 1.08 bits per heavy atom. The van der Waals surface area contributed by atoms with Gasteiger partial charge in [-0.25, -0.2) is 9.97 Å². The fourth-order valence-corrected chi connectivity index (χ4v) is 3.63. The van der Waals surface area contributed by atoms with Crippen molar-refractivity contribution in [2.24, 2.45) is 0 Å². The number of carbonyl (C=O) groups excluding carboxylic acids is 2. The number of aromatic nitrogens is 2. The lowest BCUT2D eigenvalue weighted by Crippen LogP contribution is -2.35. The predicted molar refractivity (Wildman–Crippen MR) is 99.6 cm³/mol. The van der Waals surface area contributed by atoms with E-state index in [2.05, 4.69) is 20.6 Å².